The van der Waals surface area contributed by atoms with E-state index in [1.54, 1.807) is 6.07 Å². The number of nitrogens with zero attached hydrogens (tertiary/aromatic N) is 1. The average molecular weight is 270 g/mol. The predicted octanol–water partition coefficient (Wildman–Crippen LogP) is 2.47. The Hall–Kier alpha value is -1.26. The van der Waals surface area contributed by atoms with Crippen LogP contribution in [0.4, 0.5) is 11.4 Å². The molecule has 0 saturated carbocycles. The van der Waals surface area contributed by atoms with Gasteiger partial charge in [0.1, 0.15) is 0 Å². The Morgan fingerprint density at radius 3 is 2.72 bits per heavy atom. The second-order valence-corrected chi connectivity index (χ2v) is 4.86. The second-order valence-electron chi connectivity index (χ2n) is 4.45. The molecule has 0 fully saturated rings. The summed E-state index contributed by atoms with van der Waals surface area (Å²) in [5.74, 6) is -0.0882. The average Bonchev–Trinajstić information content (AvgIpc) is 2.28. The van der Waals surface area contributed by atoms with E-state index in [0.29, 0.717) is 17.1 Å². The van der Waals surface area contributed by atoms with Gasteiger partial charge in [0, 0.05) is 26.6 Å². The summed E-state index contributed by atoms with van der Waals surface area (Å²) in [6.45, 7) is 1.96. The highest BCUT2D eigenvalue weighted by Crippen LogP contribution is 2.32. The van der Waals surface area contributed by atoms with E-state index in [-0.39, 0.29) is 11.9 Å². The van der Waals surface area contributed by atoms with Gasteiger partial charge in [-0.15, -0.1) is 0 Å². The van der Waals surface area contributed by atoms with Crippen LogP contribution in [0.15, 0.2) is 18.2 Å². The van der Waals surface area contributed by atoms with Gasteiger partial charge in [-0.2, -0.15) is 0 Å². The Morgan fingerprint density at radius 2 is 2.17 bits per heavy atom. The Balaban J connectivity index is 2.84. The van der Waals surface area contributed by atoms with E-state index in [2.05, 4.69) is 5.32 Å². The number of carbonyl (C=O) groups excluding carboxylic acids is 1. The number of amides is 1. The maximum Gasteiger partial charge on any atom is 0.225 e. The summed E-state index contributed by atoms with van der Waals surface area (Å²) in [4.78, 5) is 13.7. The summed E-state index contributed by atoms with van der Waals surface area (Å²) in [5, 5.41) is 3.46. The third kappa shape index (κ3) is 3.89. The van der Waals surface area contributed by atoms with Gasteiger partial charge in [0.15, 0.2) is 0 Å². The number of carbonyl (C=O) groups is 1. The molecule has 0 aliphatic carbocycles. The minimum Gasteiger partial charge on any atom is -0.375 e. The van der Waals surface area contributed by atoms with Crippen LogP contribution >= 0.6 is 11.6 Å². The maximum atomic E-state index is 11.8. The van der Waals surface area contributed by atoms with Crippen LogP contribution < -0.4 is 16.0 Å². The molecule has 5 heteroatoms. The van der Waals surface area contributed by atoms with E-state index in [1.165, 1.54) is 0 Å². The van der Waals surface area contributed by atoms with Crippen LogP contribution in [0.3, 0.4) is 0 Å². The van der Waals surface area contributed by atoms with E-state index in [1.807, 2.05) is 38.1 Å². The molecule has 0 heterocycles. The Morgan fingerprint density at radius 1 is 1.50 bits per heavy atom. The molecule has 100 valence electrons. The van der Waals surface area contributed by atoms with Crippen LogP contribution in [0.2, 0.25) is 5.02 Å². The van der Waals surface area contributed by atoms with E-state index >= 15 is 0 Å². The third-order valence-corrected chi connectivity index (χ3v) is 2.99. The van der Waals surface area contributed by atoms with E-state index in [9.17, 15) is 4.79 Å². The van der Waals surface area contributed by atoms with Crippen molar-refractivity contribution in [1.82, 2.24) is 0 Å². The first-order valence-electron chi connectivity index (χ1n) is 5.97. The Labute approximate surface area is 113 Å². The zero-order chi connectivity index (χ0) is 13.7. The fourth-order valence-electron chi connectivity index (χ4n) is 1.65. The number of nitrogens with one attached hydrogen (secondary N) is 1. The van der Waals surface area contributed by atoms with Crippen LogP contribution in [0.1, 0.15) is 19.8 Å². The van der Waals surface area contributed by atoms with Crippen molar-refractivity contribution in [1.29, 1.82) is 0 Å². The maximum absolute atomic E-state index is 11.8. The molecule has 4 nitrogen and oxygen atoms in total. The highest BCUT2D eigenvalue weighted by atomic mass is 35.5. The molecule has 18 heavy (non-hydrogen) atoms. The fourth-order valence-corrected chi connectivity index (χ4v) is 2.00. The largest absolute Gasteiger partial charge is 0.375 e. The molecule has 1 aromatic rings. The molecule has 3 N–H and O–H groups in total. The lowest BCUT2D eigenvalue weighted by atomic mass is 10.1. The first-order valence-corrected chi connectivity index (χ1v) is 6.34. The quantitative estimate of drug-likeness (QED) is 0.863. The number of nitrogens with two attached hydrogens (primary N) is 1. The van der Waals surface area contributed by atoms with Gasteiger partial charge in [-0.25, -0.2) is 0 Å². The number of benzene rings is 1. The third-order valence-electron chi connectivity index (χ3n) is 2.68. The molecule has 0 aliphatic heterocycles. The minimum atomic E-state index is -0.105. The van der Waals surface area contributed by atoms with Crippen molar-refractivity contribution in [3.05, 3.63) is 23.2 Å². The lowest BCUT2D eigenvalue weighted by Gasteiger charge is -2.19. The number of anilines is 2. The lowest BCUT2D eigenvalue weighted by molar-refractivity contribution is -0.116. The number of halogens is 1. The molecular formula is C13H20ClN3O. The molecule has 0 aliphatic rings. The number of hydrogen-bond donors (Lipinski definition) is 2. The molecule has 0 aromatic heterocycles. The lowest BCUT2D eigenvalue weighted by Crippen LogP contribution is -2.26. The number of hydrogen-bond acceptors (Lipinski definition) is 3. The van der Waals surface area contributed by atoms with Gasteiger partial charge in [-0.05, 0) is 18.6 Å². The molecule has 0 radical (unpaired) electrons. The molecule has 0 bridgehead atoms. The molecule has 0 saturated heterocycles. The van der Waals surface area contributed by atoms with E-state index < -0.39 is 0 Å². The van der Waals surface area contributed by atoms with Crippen molar-refractivity contribution in [3.63, 3.8) is 0 Å². The monoisotopic (exact) mass is 269 g/mol. The van der Waals surface area contributed by atoms with Gasteiger partial charge in [0.05, 0.1) is 16.4 Å². The van der Waals surface area contributed by atoms with Crippen LogP contribution in [-0.2, 0) is 4.79 Å². The summed E-state index contributed by atoms with van der Waals surface area (Å²) < 4.78 is 0. The summed E-state index contributed by atoms with van der Waals surface area (Å²) in [7, 11) is 3.77. The van der Waals surface area contributed by atoms with Crippen LogP contribution in [0, 0.1) is 0 Å². The van der Waals surface area contributed by atoms with Gasteiger partial charge >= 0.3 is 0 Å². The van der Waals surface area contributed by atoms with Gasteiger partial charge in [0.2, 0.25) is 5.91 Å². The summed E-state index contributed by atoms with van der Waals surface area (Å²) >= 11 is 6.12. The van der Waals surface area contributed by atoms with Crippen molar-refractivity contribution in [2.75, 3.05) is 24.3 Å². The Bertz CT molecular complexity index is 421. The van der Waals surface area contributed by atoms with E-state index in [4.69, 9.17) is 17.3 Å². The molecule has 1 amide bonds. The molecule has 1 unspecified atom stereocenters. The summed E-state index contributed by atoms with van der Waals surface area (Å²) in [6, 6.07) is 5.33. The molecular weight excluding hydrogens is 250 g/mol. The number of para-hydroxylation sites is 1. The van der Waals surface area contributed by atoms with Crippen molar-refractivity contribution in [3.8, 4) is 0 Å². The van der Waals surface area contributed by atoms with Crippen LogP contribution in [0.25, 0.3) is 0 Å². The van der Waals surface area contributed by atoms with Crippen molar-refractivity contribution < 1.29 is 4.79 Å². The van der Waals surface area contributed by atoms with Crippen molar-refractivity contribution >= 4 is 28.9 Å². The summed E-state index contributed by atoms with van der Waals surface area (Å²) in [5.41, 5.74) is 7.27. The SMILES string of the molecule is CCC(N)CC(=O)Nc1cccc(Cl)c1N(C)C. The van der Waals surface area contributed by atoms with Crippen molar-refractivity contribution in [2.45, 2.75) is 25.8 Å². The van der Waals surface area contributed by atoms with Gasteiger partial charge in [-0.3, -0.25) is 4.79 Å². The highest BCUT2D eigenvalue weighted by Gasteiger charge is 2.13. The van der Waals surface area contributed by atoms with Gasteiger partial charge < -0.3 is 16.0 Å². The van der Waals surface area contributed by atoms with Gasteiger partial charge in [-0.1, -0.05) is 24.6 Å². The Kier molecular flexibility index (Phi) is 5.44. The first-order chi connectivity index (χ1) is 8.45. The molecule has 1 aromatic carbocycles. The zero-order valence-electron chi connectivity index (χ0n) is 11.0. The highest BCUT2D eigenvalue weighted by molar-refractivity contribution is 6.34. The molecule has 1 rings (SSSR count). The standard InChI is InChI=1S/C13H20ClN3O/c1-4-9(15)8-12(18)16-11-7-5-6-10(14)13(11)17(2)3/h5-7,9H,4,8,15H2,1-3H3,(H,16,18). The fraction of sp³-hybridized carbons (Fsp3) is 0.462. The minimum absolute atomic E-state index is 0.0882. The topological polar surface area (TPSA) is 58.4 Å². The van der Waals surface area contributed by atoms with Crippen molar-refractivity contribution in [2.24, 2.45) is 5.73 Å². The van der Waals surface area contributed by atoms with Crippen LogP contribution in [0.5, 0.6) is 0 Å². The molecule has 0 spiro atoms. The van der Waals surface area contributed by atoms with Gasteiger partial charge in [0.25, 0.3) is 0 Å². The summed E-state index contributed by atoms with van der Waals surface area (Å²) in [6.07, 6.45) is 1.10. The first kappa shape index (κ1) is 14.8. The second kappa shape index (κ2) is 6.61. The normalized spacial score (nSPS) is 12.1. The molecule has 1 atom stereocenters. The number of rotatable bonds is 5. The smallest absolute Gasteiger partial charge is 0.225 e. The zero-order valence-corrected chi connectivity index (χ0v) is 11.8. The predicted molar refractivity (Wildman–Crippen MR) is 77.3 cm³/mol. The van der Waals surface area contributed by atoms with Crippen LogP contribution in [-0.4, -0.2) is 26.0 Å². The van der Waals surface area contributed by atoms with E-state index in [0.717, 1.165) is 12.1 Å².